The topological polar surface area (TPSA) is 58.6 Å². The maximum atomic E-state index is 12.6. The Morgan fingerprint density at radius 2 is 1.91 bits per heavy atom. The van der Waals surface area contributed by atoms with E-state index < -0.39 is 6.04 Å². The second-order valence-electron chi connectivity index (χ2n) is 5.18. The molecule has 1 saturated heterocycles. The van der Waals surface area contributed by atoms with Gasteiger partial charge in [0, 0.05) is 16.2 Å². The average Bonchev–Trinajstić information content (AvgIpc) is 2.83. The number of hydrogen-bond donors (Lipinski definition) is 1. The summed E-state index contributed by atoms with van der Waals surface area (Å²) in [6.45, 7) is 0. The van der Waals surface area contributed by atoms with Crippen molar-refractivity contribution in [2.75, 3.05) is 17.3 Å². The lowest BCUT2D eigenvalue weighted by atomic mass is 10.2. The van der Waals surface area contributed by atoms with Gasteiger partial charge in [-0.1, -0.05) is 22.0 Å². The summed E-state index contributed by atoms with van der Waals surface area (Å²) in [6, 6.07) is 13.8. The van der Waals surface area contributed by atoms with E-state index in [0.29, 0.717) is 11.4 Å². The Labute approximate surface area is 142 Å². The van der Waals surface area contributed by atoms with Gasteiger partial charge in [0.05, 0.1) is 19.2 Å². The summed E-state index contributed by atoms with van der Waals surface area (Å²) in [5.41, 5.74) is 1.33. The molecule has 3 rings (SSSR count). The first-order chi connectivity index (χ1) is 11.1. The van der Waals surface area contributed by atoms with Crippen molar-refractivity contribution < 1.29 is 14.3 Å². The van der Waals surface area contributed by atoms with Crippen molar-refractivity contribution in [2.45, 2.75) is 12.5 Å². The number of hydrogen-bond acceptors (Lipinski definition) is 4. The zero-order valence-electron chi connectivity index (χ0n) is 12.5. The second-order valence-corrected chi connectivity index (χ2v) is 6.09. The molecule has 1 aliphatic rings. The van der Waals surface area contributed by atoms with E-state index in [1.807, 2.05) is 24.3 Å². The van der Waals surface area contributed by atoms with Gasteiger partial charge in [-0.3, -0.25) is 9.59 Å². The van der Waals surface area contributed by atoms with Gasteiger partial charge in [0.2, 0.25) is 5.91 Å². The molecule has 0 aliphatic carbocycles. The maximum Gasteiger partial charge on any atom is 0.256 e. The van der Waals surface area contributed by atoms with Gasteiger partial charge in [-0.25, -0.2) is 4.90 Å². The van der Waals surface area contributed by atoms with E-state index in [2.05, 4.69) is 21.2 Å². The fourth-order valence-electron chi connectivity index (χ4n) is 2.51. The molecule has 1 unspecified atom stereocenters. The number of amides is 2. The van der Waals surface area contributed by atoms with E-state index in [0.717, 1.165) is 10.2 Å². The molecule has 0 radical (unpaired) electrons. The van der Waals surface area contributed by atoms with Crippen LogP contribution in [0.3, 0.4) is 0 Å². The number of benzene rings is 2. The number of carbonyl (C=O) groups is 2. The summed E-state index contributed by atoms with van der Waals surface area (Å²) in [6.07, 6.45) is 0.131. The van der Waals surface area contributed by atoms with Gasteiger partial charge in [-0.05, 0) is 36.4 Å². The van der Waals surface area contributed by atoms with Crippen LogP contribution in [0.25, 0.3) is 0 Å². The summed E-state index contributed by atoms with van der Waals surface area (Å²) in [5.74, 6) is 0.122. The normalized spacial score (nSPS) is 17.5. The zero-order valence-corrected chi connectivity index (χ0v) is 14.0. The number of anilines is 2. The number of halogens is 1. The van der Waals surface area contributed by atoms with Gasteiger partial charge in [0.15, 0.2) is 0 Å². The highest BCUT2D eigenvalue weighted by atomic mass is 79.9. The predicted octanol–water partition coefficient (Wildman–Crippen LogP) is 3.20. The summed E-state index contributed by atoms with van der Waals surface area (Å²) in [4.78, 5) is 26.0. The van der Waals surface area contributed by atoms with E-state index in [9.17, 15) is 9.59 Å². The predicted molar refractivity (Wildman–Crippen MR) is 91.7 cm³/mol. The van der Waals surface area contributed by atoms with Crippen LogP contribution in [0.4, 0.5) is 11.4 Å². The van der Waals surface area contributed by atoms with Crippen LogP contribution in [-0.2, 0) is 9.59 Å². The highest BCUT2D eigenvalue weighted by Gasteiger charge is 2.39. The average molecular weight is 375 g/mol. The molecule has 1 fully saturated rings. The molecule has 23 heavy (non-hydrogen) atoms. The van der Waals surface area contributed by atoms with Crippen LogP contribution < -0.4 is 15.0 Å². The highest BCUT2D eigenvalue weighted by Crippen LogP contribution is 2.28. The highest BCUT2D eigenvalue weighted by molar-refractivity contribution is 9.10. The smallest absolute Gasteiger partial charge is 0.256 e. The van der Waals surface area contributed by atoms with Crippen molar-refractivity contribution in [3.05, 3.63) is 53.0 Å². The summed E-state index contributed by atoms with van der Waals surface area (Å²) in [5, 5.41) is 3.11. The molecule has 5 nitrogen and oxygen atoms in total. The molecule has 1 atom stereocenters. The first kappa shape index (κ1) is 15.6. The monoisotopic (exact) mass is 374 g/mol. The minimum atomic E-state index is -0.560. The quantitative estimate of drug-likeness (QED) is 0.834. The van der Waals surface area contributed by atoms with E-state index in [-0.39, 0.29) is 18.2 Å². The van der Waals surface area contributed by atoms with Crippen molar-refractivity contribution in [2.24, 2.45) is 0 Å². The largest absolute Gasteiger partial charge is 0.497 e. The minimum Gasteiger partial charge on any atom is -0.497 e. The second kappa shape index (κ2) is 6.42. The molecule has 2 aromatic carbocycles. The van der Waals surface area contributed by atoms with Gasteiger partial charge < -0.3 is 10.1 Å². The number of nitrogens with one attached hydrogen (secondary N) is 1. The fourth-order valence-corrected chi connectivity index (χ4v) is 2.78. The van der Waals surface area contributed by atoms with Crippen LogP contribution >= 0.6 is 15.9 Å². The lowest BCUT2D eigenvalue weighted by molar-refractivity contribution is -0.121. The van der Waals surface area contributed by atoms with Crippen LogP contribution in [0.2, 0.25) is 0 Å². The van der Waals surface area contributed by atoms with Crippen molar-refractivity contribution in [1.82, 2.24) is 0 Å². The molecule has 0 saturated carbocycles. The SMILES string of the molecule is COc1cccc(N2C(=O)CC(Nc3ccc(Br)cc3)C2=O)c1. The summed E-state index contributed by atoms with van der Waals surface area (Å²) < 4.78 is 6.10. The van der Waals surface area contributed by atoms with Gasteiger partial charge in [0.25, 0.3) is 5.91 Å². The van der Waals surface area contributed by atoms with E-state index in [1.165, 1.54) is 4.90 Å². The summed E-state index contributed by atoms with van der Waals surface area (Å²) in [7, 11) is 1.55. The Hall–Kier alpha value is -2.34. The minimum absolute atomic E-state index is 0.131. The third-order valence-electron chi connectivity index (χ3n) is 3.64. The summed E-state index contributed by atoms with van der Waals surface area (Å²) >= 11 is 3.36. The molecule has 1 aliphatic heterocycles. The van der Waals surface area contributed by atoms with E-state index in [1.54, 1.807) is 31.4 Å². The van der Waals surface area contributed by atoms with Gasteiger partial charge in [-0.2, -0.15) is 0 Å². The van der Waals surface area contributed by atoms with Crippen LogP contribution in [-0.4, -0.2) is 25.0 Å². The van der Waals surface area contributed by atoms with Crippen LogP contribution in [0, 0.1) is 0 Å². The number of imide groups is 1. The van der Waals surface area contributed by atoms with Crippen molar-refractivity contribution in [3.8, 4) is 5.75 Å². The van der Waals surface area contributed by atoms with E-state index in [4.69, 9.17) is 4.74 Å². The molecular formula is C17H15BrN2O3. The number of rotatable bonds is 4. The Morgan fingerprint density at radius 1 is 1.17 bits per heavy atom. The Balaban J connectivity index is 1.80. The van der Waals surface area contributed by atoms with Gasteiger partial charge in [-0.15, -0.1) is 0 Å². The van der Waals surface area contributed by atoms with Gasteiger partial charge in [0.1, 0.15) is 11.8 Å². The van der Waals surface area contributed by atoms with Crippen molar-refractivity contribution in [1.29, 1.82) is 0 Å². The molecule has 118 valence electrons. The maximum absolute atomic E-state index is 12.6. The number of carbonyl (C=O) groups excluding carboxylic acids is 2. The number of nitrogens with zero attached hydrogens (tertiary/aromatic N) is 1. The van der Waals surface area contributed by atoms with Crippen molar-refractivity contribution >= 4 is 39.1 Å². The molecule has 0 aromatic heterocycles. The standard InChI is InChI=1S/C17H15BrN2O3/c1-23-14-4-2-3-13(9-14)20-16(21)10-15(17(20)22)19-12-7-5-11(18)6-8-12/h2-9,15,19H,10H2,1H3. The Kier molecular flexibility index (Phi) is 4.34. The number of methoxy groups -OCH3 is 1. The van der Waals surface area contributed by atoms with Crippen LogP contribution in [0.15, 0.2) is 53.0 Å². The lowest BCUT2D eigenvalue weighted by Gasteiger charge is -2.16. The molecule has 0 spiro atoms. The molecule has 1 heterocycles. The third kappa shape index (κ3) is 3.22. The molecular weight excluding hydrogens is 360 g/mol. The first-order valence-corrected chi connectivity index (χ1v) is 7.91. The van der Waals surface area contributed by atoms with Crippen LogP contribution in [0.1, 0.15) is 6.42 Å². The molecule has 0 bridgehead atoms. The van der Waals surface area contributed by atoms with Gasteiger partial charge >= 0.3 is 0 Å². The van der Waals surface area contributed by atoms with Crippen LogP contribution in [0.5, 0.6) is 5.75 Å². The molecule has 1 N–H and O–H groups in total. The number of ether oxygens (including phenoxy) is 1. The molecule has 6 heteroatoms. The lowest BCUT2D eigenvalue weighted by Crippen LogP contribution is -2.34. The molecule has 2 aromatic rings. The van der Waals surface area contributed by atoms with Crippen molar-refractivity contribution in [3.63, 3.8) is 0 Å². The zero-order chi connectivity index (χ0) is 16.4. The fraction of sp³-hybridized carbons (Fsp3) is 0.176. The Bertz CT molecular complexity index is 746. The van der Waals surface area contributed by atoms with E-state index >= 15 is 0 Å². The molecule has 2 amide bonds. The third-order valence-corrected chi connectivity index (χ3v) is 4.17. The Morgan fingerprint density at radius 3 is 2.61 bits per heavy atom. The first-order valence-electron chi connectivity index (χ1n) is 7.11.